The van der Waals surface area contributed by atoms with Crippen LogP contribution in [0.2, 0.25) is 0 Å². The molecule has 1 saturated heterocycles. The highest BCUT2D eigenvalue weighted by molar-refractivity contribution is 7.89. The van der Waals surface area contributed by atoms with E-state index in [-0.39, 0.29) is 17.2 Å². The van der Waals surface area contributed by atoms with E-state index in [0.29, 0.717) is 36.7 Å². The van der Waals surface area contributed by atoms with Gasteiger partial charge in [0.15, 0.2) is 0 Å². The second kappa shape index (κ2) is 7.45. The molecular formula is C17H25N5O4S. The summed E-state index contributed by atoms with van der Waals surface area (Å²) in [4.78, 5) is 19.5. The fraction of sp³-hybridized carbons (Fsp3) is 0.529. The van der Waals surface area contributed by atoms with Crippen LogP contribution in [0, 0.1) is 13.8 Å². The van der Waals surface area contributed by atoms with Crippen LogP contribution in [0.15, 0.2) is 17.3 Å². The number of carbonyl (C=O) groups excluding carboxylic acids is 1. The highest BCUT2D eigenvalue weighted by atomic mass is 32.2. The molecule has 1 atom stereocenters. The number of carbonyl (C=O) groups is 1. The van der Waals surface area contributed by atoms with Crippen molar-refractivity contribution in [3.05, 3.63) is 35.2 Å². The molecule has 3 heterocycles. The van der Waals surface area contributed by atoms with Gasteiger partial charge in [0, 0.05) is 50.3 Å². The molecule has 0 aromatic carbocycles. The van der Waals surface area contributed by atoms with Crippen LogP contribution in [0.1, 0.15) is 40.5 Å². The van der Waals surface area contributed by atoms with E-state index in [1.54, 1.807) is 33.2 Å². The molecule has 2 aromatic heterocycles. The van der Waals surface area contributed by atoms with E-state index in [1.807, 2.05) is 11.6 Å². The third-order valence-corrected chi connectivity index (χ3v) is 6.95. The summed E-state index contributed by atoms with van der Waals surface area (Å²) < 4.78 is 35.4. The zero-order valence-electron chi connectivity index (χ0n) is 15.9. The number of H-pyrrole nitrogens is 1. The Balaban J connectivity index is 2.05. The average molecular weight is 395 g/mol. The summed E-state index contributed by atoms with van der Waals surface area (Å²) in [6, 6.07) is -0.427. The van der Waals surface area contributed by atoms with Crippen LogP contribution in [-0.4, -0.2) is 59.5 Å². The van der Waals surface area contributed by atoms with Crippen molar-refractivity contribution in [2.24, 2.45) is 7.05 Å². The maximum absolute atomic E-state index is 13.5. The van der Waals surface area contributed by atoms with E-state index in [0.717, 1.165) is 0 Å². The monoisotopic (exact) mass is 395 g/mol. The van der Waals surface area contributed by atoms with Crippen molar-refractivity contribution in [1.29, 1.82) is 0 Å². The van der Waals surface area contributed by atoms with Gasteiger partial charge in [-0.2, -0.15) is 4.31 Å². The van der Waals surface area contributed by atoms with Crippen LogP contribution in [0.4, 0.5) is 0 Å². The molecule has 1 unspecified atom stereocenters. The first-order valence-corrected chi connectivity index (χ1v) is 10.3. The molecule has 0 saturated carbocycles. The Morgan fingerprint density at radius 2 is 2.15 bits per heavy atom. The summed E-state index contributed by atoms with van der Waals surface area (Å²) in [5.41, 5.74) is 0.979. The first kappa shape index (κ1) is 19.6. The molecule has 0 aliphatic carbocycles. The number of hydrogen-bond acceptors (Lipinski definition) is 6. The number of esters is 1. The molecule has 0 radical (unpaired) electrons. The van der Waals surface area contributed by atoms with E-state index in [2.05, 4.69) is 15.3 Å². The van der Waals surface area contributed by atoms with E-state index in [1.165, 1.54) is 4.31 Å². The summed E-state index contributed by atoms with van der Waals surface area (Å²) in [6.07, 6.45) is 3.45. The molecule has 0 amide bonds. The molecule has 1 aliphatic rings. The minimum Gasteiger partial charge on any atom is -0.461 e. The quantitative estimate of drug-likeness (QED) is 0.728. The van der Waals surface area contributed by atoms with Gasteiger partial charge in [0.25, 0.3) is 0 Å². The predicted octanol–water partition coefficient (Wildman–Crippen LogP) is 0.877. The number of aromatic amines is 1. The Morgan fingerprint density at radius 3 is 2.78 bits per heavy atom. The Hall–Kier alpha value is -2.17. The summed E-state index contributed by atoms with van der Waals surface area (Å²) in [5, 5.41) is 3.23. The molecule has 27 heavy (non-hydrogen) atoms. The van der Waals surface area contributed by atoms with Crippen molar-refractivity contribution < 1.29 is 17.9 Å². The van der Waals surface area contributed by atoms with Gasteiger partial charge in [-0.25, -0.2) is 18.2 Å². The van der Waals surface area contributed by atoms with Gasteiger partial charge in [-0.1, -0.05) is 0 Å². The zero-order valence-corrected chi connectivity index (χ0v) is 16.8. The van der Waals surface area contributed by atoms with E-state index in [9.17, 15) is 13.2 Å². The van der Waals surface area contributed by atoms with Gasteiger partial charge in [-0.05, 0) is 20.8 Å². The number of piperazine rings is 1. The molecule has 0 bridgehead atoms. The Bertz CT molecular complexity index is 947. The highest BCUT2D eigenvalue weighted by Gasteiger charge is 2.39. The van der Waals surface area contributed by atoms with Gasteiger partial charge in [-0.3, -0.25) is 0 Å². The number of aryl methyl sites for hydroxylation is 2. The molecule has 0 spiro atoms. The van der Waals surface area contributed by atoms with Crippen molar-refractivity contribution in [1.82, 2.24) is 24.2 Å². The fourth-order valence-corrected chi connectivity index (χ4v) is 5.53. The lowest BCUT2D eigenvalue weighted by Gasteiger charge is -2.34. The third kappa shape index (κ3) is 3.40. The minimum atomic E-state index is -3.84. The van der Waals surface area contributed by atoms with E-state index >= 15 is 0 Å². The first-order chi connectivity index (χ1) is 12.8. The largest absolute Gasteiger partial charge is 0.461 e. The summed E-state index contributed by atoms with van der Waals surface area (Å²) >= 11 is 0. The molecule has 2 aromatic rings. The molecular weight excluding hydrogens is 370 g/mol. The van der Waals surface area contributed by atoms with Gasteiger partial charge in [0.2, 0.25) is 10.0 Å². The second-order valence-corrected chi connectivity index (χ2v) is 8.36. The number of ether oxygens (including phenoxy) is 1. The topological polar surface area (TPSA) is 109 Å². The molecule has 1 aliphatic heterocycles. The summed E-state index contributed by atoms with van der Waals surface area (Å²) in [5.74, 6) is 0.114. The van der Waals surface area contributed by atoms with Crippen LogP contribution < -0.4 is 5.32 Å². The third-order valence-electron chi connectivity index (χ3n) is 4.77. The molecule has 1 fully saturated rings. The van der Waals surface area contributed by atoms with Gasteiger partial charge in [0.1, 0.15) is 16.4 Å². The van der Waals surface area contributed by atoms with Crippen LogP contribution in [0.3, 0.4) is 0 Å². The smallest absolute Gasteiger partial charge is 0.355 e. The highest BCUT2D eigenvalue weighted by Crippen LogP contribution is 2.32. The number of imidazole rings is 1. The number of aromatic nitrogens is 3. The molecule has 148 valence electrons. The fourth-order valence-electron chi connectivity index (χ4n) is 3.54. The van der Waals surface area contributed by atoms with Gasteiger partial charge < -0.3 is 19.6 Å². The number of nitrogens with one attached hydrogen (secondary N) is 2. The predicted molar refractivity (Wildman–Crippen MR) is 98.9 cm³/mol. The van der Waals surface area contributed by atoms with Gasteiger partial charge in [-0.15, -0.1) is 0 Å². The minimum absolute atomic E-state index is 0.131. The first-order valence-electron chi connectivity index (χ1n) is 8.85. The second-order valence-electron chi connectivity index (χ2n) is 6.53. The lowest BCUT2D eigenvalue weighted by molar-refractivity contribution is 0.0519. The van der Waals surface area contributed by atoms with Crippen molar-refractivity contribution in [2.45, 2.75) is 31.7 Å². The van der Waals surface area contributed by atoms with E-state index in [4.69, 9.17) is 4.74 Å². The lowest BCUT2D eigenvalue weighted by Crippen LogP contribution is -2.49. The Morgan fingerprint density at radius 1 is 1.41 bits per heavy atom. The number of rotatable bonds is 5. The Kier molecular flexibility index (Phi) is 5.41. The summed E-state index contributed by atoms with van der Waals surface area (Å²) in [7, 11) is -2.00. The van der Waals surface area contributed by atoms with Crippen molar-refractivity contribution in [3.8, 4) is 0 Å². The van der Waals surface area contributed by atoms with Crippen LogP contribution in [-0.2, 0) is 21.8 Å². The Labute approximate surface area is 158 Å². The van der Waals surface area contributed by atoms with Crippen molar-refractivity contribution in [2.75, 3.05) is 26.2 Å². The molecule has 9 nitrogen and oxygen atoms in total. The average Bonchev–Trinajstić information content (AvgIpc) is 3.18. The zero-order chi connectivity index (χ0) is 19.8. The number of nitrogens with zero attached hydrogens (tertiary/aromatic N) is 3. The number of hydrogen-bond donors (Lipinski definition) is 2. The van der Waals surface area contributed by atoms with Crippen LogP contribution in [0.25, 0.3) is 0 Å². The SMILES string of the molecule is CCOC(=O)c1[nH]c(C)c(S(=O)(=O)N2CCNCC2c2nccn2C)c1C. The molecule has 2 N–H and O–H groups in total. The van der Waals surface area contributed by atoms with Crippen LogP contribution in [0.5, 0.6) is 0 Å². The molecule has 3 rings (SSSR count). The van der Waals surface area contributed by atoms with Crippen LogP contribution >= 0.6 is 0 Å². The maximum Gasteiger partial charge on any atom is 0.355 e. The summed E-state index contributed by atoms with van der Waals surface area (Å²) in [6.45, 7) is 6.54. The lowest BCUT2D eigenvalue weighted by atomic mass is 10.2. The van der Waals surface area contributed by atoms with Crippen molar-refractivity contribution >= 4 is 16.0 Å². The molecule has 10 heteroatoms. The standard InChI is InChI=1S/C17H25N5O4S/c1-5-26-17(23)14-11(2)15(12(3)20-14)27(24,25)22-9-6-18-10-13(22)16-19-7-8-21(16)4/h7-8,13,18,20H,5-6,9-10H2,1-4H3. The van der Waals surface area contributed by atoms with Gasteiger partial charge >= 0.3 is 5.97 Å². The number of sulfonamides is 1. The van der Waals surface area contributed by atoms with Gasteiger partial charge in [0.05, 0.1) is 12.6 Å². The van der Waals surface area contributed by atoms with E-state index < -0.39 is 22.0 Å². The maximum atomic E-state index is 13.5. The normalized spacial score (nSPS) is 18.6. The van der Waals surface area contributed by atoms with Crippen molar-refractivity contribution in [3.63, 3.8) is 0 Å².